The van der Waals surface area contributed by atoms with Crippen LogP contribution in [0.1, 0.15) is 12.5 Å². The summed E-state index contributed by atoms with van der Waals surface area (Å²) in [6.07, 6.45) is 0.187. The number of ether oxygens (including phenoxy) is 1. The molecule has 3 nitrogen and oxygen atoms in total. The molecule has 16 heavy (non-hydrogen) atoms. The molecule has 0 radical (unpaired) electrons. The summed E-state index contributed by atoms with van der Waals surface area (Å²) in [6.45, 7) is 1.83. The number of halogens is 2. The molecule has 5 heteroatoms. The quantitative estimate of drug-likeness (QED) is 0.593. The lowest BCUT2D eigenvalue weighted by molar-refractivity contribution is 0.0828. The molecule has 0 heterocycles. The van der Waals surface area contributed by atoms with Crippen molar-refractivity contribution in [2.24, 2.45) is 5.84 Å². The van der Waals surface area contributed by atoms with E-state index in [9.17, 15) is 8.78 Å². The van der Waals surface area contributed by atoms with Gasteiger partial charge in [-0.05, 0) is 25.0 Å². The summed E-state index contributed by atoms with van der Waals surface area (Å²) in [5.41, 5.74) is 2.97. The van der Waals surface area contributed by atoms with Gasteiger partial charge in [-0.25, -0.2) is 8.78 Å². The molecule has 0 aliphatic carbocycles. The second kappa shape index (κ2) is 5.89. The Morgan fingerprint density at radius 1 is 1.44 bits per heavy atom. The maximum absolute atomic E-state index is 13.4. The molecule has 0 saturated carbocycles. The van der Waals surface area contributed by atoms with Crippen molar-refractivity contribution in [1.29, 1.82) is 0 Å². The van der Waals surface area contributed by atoms with Crippen molar-refractivity contribution in [3.8, 4) is 0 Å². The van der Waals surface area contributed by atoms with Gasteiger partial charge in [-0.15, -0.1) is 0 Å². The van der Waals surface area contributed by atoms with Crippen LogP contribution in [0.3, 0.4) is 0 Å². The van der Waals surface area contributed by atoms with Crippen LogP contribution in [0.2, 0.25) is 0 Å². The number of hydrogen-bond acceptors (Lipinski definition) is 3. The molecule has 0 saturated heterocycles. The van der Waals surface area contributed by atoms with Crippen LogP contribution in [-0.4, -0.2) is 19.3 Å². The monoisotopic (exact) mass is 230 g/mol. The lowest BCUT2D eigenvalue weighted by Gasteiger charge is -2.22. The van der Waals surface area contributed by atoms with Crippen LogP contribution in [0, 0.1) is 11.6 Å². The third kappa shape index (κ3) is 3.23. The van der Waals surface area contributed by atoms with E-state index in [2.05, 4.69) is 5.43 Å². The average molecular weight is 230 g/mol. The highest BCUT2D eigenvalue weighted by Crippen LogP contribution is 2.13. The van der Waals surface area contributed by atoms with Crippen molar-refractivity contribution in [3.63, 3.8) is 0 Å². The van der Waals surface area contributed by atoms with Gasteiger partial charge >= 0.3 is 0 Å². The zero-order valence-electron chi connectivity index (χ0n) is 9.34. The molecule has 90 valence electrons. The van der Waals surface area contributed by atoms with Gasteiger partial charge in [0.1, 0.15) is 11.6 Å². The largest absolute Gasteiger partial charge is 0.380 e. The van der Waals surface area contributed by atoms with E-state index >= 15 is 0 Å². The molecule has 2 atom stereocenters. The summed E-state index contributed by atoms with van der Waals surface area (Å²) in [5, 5.41) is 0. The normalized spacial score (nSPS) is 14.8. The number of methoxy groups -OCH3 is 1. The minimum absolute atomic E-state index is 0.158. The third-order valence-electron chi connectivity index (χ3n) is 2.61. The number of hydrazine groups is 1. The Morgan fingerprint density at radius 3 is 2.62 bits per heavy atom. The fourth-order valence-electron chi connectivity index (χ4n) is 1.45. The Labute approximate surface area is 93.6 Å². The summed E-state index contributed by atoms with van der Waals surface area (Å²) < 4.78 is 31.2. The predicted octanol–water partition coefficient (Wildman–Crippen LogP) is 1.37. The predicted molar refractivity (Wildman–Crippen MR) is 57.6 cm³/mol. The fraction of sp³-hybridized carbons (Fsp3) is 0.455. The average Bonchev–Trinajstić information content (AvgIpc) is 2.27. The molecular formula is C11H16F2N2O. The van der Waals surface area contributed by atoms with E-state index in [1.165, 1.54) is 12.1 Å². The van der Waals surface area contributed by atoms with Gasteiger partial charge in [-0.1, -0.05) is 6.07 Å². The van der Waals surface area contributed by atoms with Gasteiger partial charge in [0.2, 0.25) is 0 Å². The SMILES string of the molecule is COC(C)C(Cc1ccc(F)cc1F)NN. The van der Waals surface area contributed by atoms with Crippen LogP contribution in [0.5, 0.6) is 0 Å². The first-order valence-corrected chi connectivity index (χ1v) is 5.01. The van der Waals surface area contributed by atoms with Gasteiger partial charge in [0.15, 0.2) is 0 Å². The molecule has 0 amide bonds. The first-order chi connectivity index (χ1) is 7.58. The van der Waals surface area contributed by atoms with Crippen molar-refractivity contribution in [1.82, 2.24) is 5.43 Å². The van der Waals surface area contributed by atoms with Crippen molar-refractivity contribution in [3.05, 3.63) is 35.4 Å². The van der Waals surface area contributed by atoms with Gasteiger partial charge in [0, 0.05) is 13.2 Å². The zero-order chi connectivity index (χ0) is 12.1. The molecule has 0 fully saturated rings. The Kier molecular flexibility index (Phi) is 4.79. The van der Waals surface area contributed by atoms with Gasteiger partial charge in [-0.3, -0.25) is 11.3 Å². The van der Waals surface area contributed by atoms with Crippen LogP contribution in [0.25, 0.3) is 0 Å². The minimum Gasteiger partial charge on any atom is -0.380 e. The van der Waals surface area contributed by atoms with Gasteiger partial charge in [0.05, 0.1) is 12.1 Å². The molecular weight excluding hydrogens is 214 g/mol. The van der Waals surface area contributed by atoms with Gasteiger partial charge in [-0.2, -0.15) is 0 Å². The van der Waals surface area contributed by atoms with E-state index in [0.29, 0.717) is 12.0 Å². The summed E-state index contributed by atoms with van der Waals surface area (Å²) in [7, 11) is 1.55. The molecule has 0 aliphatic heterocycles. The standard InChI is InChI=1S/C11H16F2N2O/c1-7(16-2)11(15-14)5-8-3-4-9(12)6-10(8)13/h3-4,6-7,11,15H,5,14H2,1-2H3. The van der Waals surface area contributed by atoms with E-state index < -0.39 is 11.6 Å². The Hall–Kier alpha value is -1.04. The van der Waals surface area contributed by atoms with Crippen molar-refractivity contribution in [2.75, 3.05) is 7.11 Å². The lowest BCUT2D eigenvalue weighted by atomic mass is 10.0. The molecule has 2 unspecified atom stereocenters. The van der Waals surface area contributed by atoms with Crippen LogP contribution in [0.15, 0.2) is 18.2 Å². The summed E-state index contributed by atoms with van der Waals surface area (Å²) in [6, 6.07) is 3.28. The van der Waals surface area contributed by atoms with Gasteiger partial charge < -0.3 is 4.74 Å². The third-order valence-corrected chi connectivity index (χ3v) is 2.61. The maximum atomic E-state index is 13.4. The number of nitrogens with one attached hydrogen (secondary N) is 1. The van der Waals surface area contributed by atoms with E-state index in [0.717, 1.165) is 6.07 Å². The Bertz CT molecular complexity index is 347. The summed E-state index contributed by atoms with van der Waals surface area (Å²) >= 11 is 0. The Balaban J connectivity index is 2.78. The zero-order valence-corrected chi connectivity index (χ0v) is 9.34. The number of nitrogens with two attached hydrogens (primary N) is 1. The molecule has 0 aromatic heterocycles. The van der Waals surface area contributed by atoms with Crippen LogP contribution >= 0.6 is 0 Å². The minimum atomic E-state index is -0.585. The Morgan fingerprint density at radius 2 is 2.12 bits per heavy atom. The molecule has 1 rings (SSSR count). The van der Waals surface area contributed by atoms with Crippen molar-refractivity contribution < 1.29 is 13.5 Å². The molecule has 0 aliphatic rings. The number of rotatable bonds is 5. The molecule has 0 spiro atoms. The smallest absolute Gasteiger partial charge is 0.129 e. The van der Waals surface area contributed by atoms with E-state index in [4.69, 9.17) is 10.6 Å². The van der Waals surface area contributed by atoms with Crippen molar-refractivity contribution in [2.45, 2.75) is 25.5 Å². The van der Waals surface area contributed by atoms with Crippen LogP contribution in [-0.2, 0) is 11.2 Å². The van der Waals surface area contributed by atoms with E-state index in [-0.39, 0.29) is 12.1 Å². The molecule has 1 aromatic carbocycles. The summed E-state index contributed by atoms with van der Waals surface area (Å²) in [4.78, 5) is 0. The number of hydrogen-bond donors (Lipinski definition) is 2. The highest BCUT2D eigenvalue weighted by atomic mass is 19.1. The molecule has 0 bridgehead atoms. The van der Waals surface area contributed by atoms with Crippen LogP contribution in [0.4, 0.5) is 8.78 Å². The maximum Gasteiger partial charge on any atom is 0.129 e. The van der Waals surface area contributed by atoms with E-state index in [1.54, 1.807) is 7.11 Å². The van der Waals surface area contributed by atoms with E-state index in [1.807, 2.05) is 6.92 Å². The second-order valence-corrected chi connectivity index (χ2v) is 3.65. The lowest BCUT2D eigenvalue weighted by Crippen LogP contribution is -2.45. The number of benzene rings is 1. The summed E-state index contributed by atoms with van der Waals surface area (Å²) in [5.74, 6) is 4.20. The first kappa shape index (κ1) is 13.0. The topological polar surface area (TPSA) is 47.3 Å². The van der Waals surface area contributed by atoms with Crippen molar-refractivity contribution >= 4 is 0 Å². The highest BCUT2D eigenvalue weighted by Gasteiger charge is 2.17. The molecule has 3 N–H and O–H groups in total. The second-order valence-electron chi connectivity index (χ2n) is 3.65. The van der Waals surface area contributed by atoms with Gasteiger partial charge in [0.25, 0.3) is 0 Å². The molecule has 1 aromatic rings. The fourth-order valence-corrected chi connectivity index (χ4v) is 1.45. The van der Waals surface area contributed by atoms with Crippen LogP contribution < -0.4 is 11.3 Å². The highest BCUT2D eigenvalue weighted by molar-refractivity contribution is 5.19. The first-order valence-electron chi connectivity index (χ1n) is 5.01.